The van der Waals surface area contributed by atoms with Crippen LogP contribution in [0.2, 0.25) is 0 Å². The molecule has 21 aromatic rings. The van der Waals surface area contributed by atoms with Gasteiger partial charge in [-0.15, -0.1) is 0 Å². The van der Waals surface area contributed by atoms with E-state index in [1.807, 2.05) is 0 Å². The number of rotatable bonds is 19. The van der Waals surface area contributed by atoms with Gasteiger partial charge in [0, 0.05) is 172 Å². The summed E-state index contributed by atoms with van der Waals surface area (Å²) in [6.45, 7) is 23.5. The summed E-state index contributed by atoms with van der Waals surface area (Å²) in [6.07, 6.45) is 0. The SMILES string of the molecule is CC(=O)O.CC(=O)O.Cc1ccc(N(c2ccc(C)cc2)c2c3ccccc3c(Br)c3ccccc23)cc1.Cc1ccc(N(c2ccc(C)cc2)c2c3ccccc3c(N(c3ccc(C)cc3)c3ccc(N(c4ccc(C)cc4)c4c5ccccc5c(N(c5ccc(C)cc5)c5ccc(C)cc5)c5ccccc45)cc3)c3ccccc23)cc1.Cc1ccc(Nc2ccc(Nc3ccc(C)cc3)cc2)cc1.[Pd]. The van der Waals surface area contributed by atoms with Crippen LogP contribution in [0.3, 0.4) is 0 Å². The molecule has 11 nitrogen and oxygen atoms in total. The summed E-state index contributed by atoms with van der Waals surface area (Å²) in [4.78, 5) is 30.2. The van der Waals surface area contributed by atoms with Crippen molar-refractivity contribution in [2.24, 2.45) is 0 Å². The monoisotopic (exact) mass is 2000 g/mol. The van der Waals surface area contributed by atoms with E-state index in [4.69, 9.17) is 19.8 Å². The summed E-state index contributed by atoms with van der Waals surface area (Å²) in [5.74, 6) is -1.67. The molecule has 0 fully saturated rings. The van der Waals surface area contributed by atoms with Gasteiger partial charge in [0.15, 0.2) is 0 Å². The fourth-order valence-electron chi connectivity index (χ4n) is 18.0. The smallest absolute Gasteiger partial charge is 0.300 e. The first-order chi connectivity index (χ1) is 67.9. The van der Waals surface area contributed by atoms with Crippen LogP contribution >= 0.6 is 15.9 Å². The molecule has 21 aromatic carbocycles. The average Bonchev–Trinajstić information content (AvgIpc) is 0.725. The van der Waals surface area contributed by atoms with Crippen LogP contribution < -0.4 is 35.1 Å². The minimum Gasteiger partial charge on any atom is -0.481 e. The summed E-state index contributed by atoms with van der Waals surface area (Å²) < 4.78 is 1.14. The van der Waals surface area contributed by atoms with E-state index in [1.165, 1.54) is 82.9 Å². The number of anilines is 19. The third kappa shape index (κ3) is 22.5. The molecule has 0 bridgehead atoms. The van der Waals surface area contributed by atoms with Crippen molar-refractivity contribution in [3.63, 3.8) is 0 Å². The molecule has 0 saturated heterocycles. The van der Waals surface area contributed by atoms with Gasteiger partial charge in [-0.05, 0) is 266 Å². The number of hydrogen-bond donors (Lipinski definition) is 4. The quantitative estimate of drug-likeness (QED) is 0.0352. The predicted molar refractivity (Wildman–Crippen MR) is 599 cm³/mol. The van der Waals surface area contributed by atoms with Gasteiger partial charge in [-0.25, -0.2) is 0 Å². The number of nitrogens with one attached hydrogen (secondary N) is 2. The molecular formula is C128H112BrN7O4Pd. The van der Waals surface area contributed by atoms with Crippen LogP contribution in [0, 0.1) is 69.2 Å². The van der Waals surface area contributed by atoms with Crippen molar-refractivity contribution >= 4 is 201 Å². The number of carboxylic acids is 2. The van der Waals surface area contributed by atoms with Crippen molar-refractivity contribution < 1.29 is 40.2 Å². The molecule has 21 rings (SSSR count). The molecule has 0 amide bonds. The molecule has 141 heavy (non-hydrogen) atoms. The topological polar surface area (TPSA) is 115 Å². The van der Waals surface area contributed by atoms with E-state index in [2.05, 4.69) is 557 Å². The van der Waals surface area contributed by atoms with Crippen molar-refractivity contribution in [2.45, 2.75) is 83.1 Å². The number of carbonyl (C=O) groups is 2. The Morgan fingerprint density at radius 2 is 0.284 bits per heavy atom. The first kappa shape index (κ1) is 97.9. The zero-order valence-corrected chi connectivity index (χ0v) is 84.4. The summed E-state index contributed by atoms with van der Waals surface area (Å²) in [7, 11) is 0. The van der Waals surface area contributed by atoms with Crippen LogP contribution in [0.25, 0.3) is 64.6 Å². The number of aliphatic carboxylic acids is 2. The summed E-state index contributed by atoms with van der Waals surface area (Å²) >= 11 is 3.88. The van der Waals surface area contributed by atoms with E-state index in [0.29, 0.717) is 0 Å². The number of fused-ring (bicyclic) bond motifs is 6. The molecule has 0 aliphatic heterocycles. The van der Waals surface area contributed by atoms with Crippen molar-refractivity contribution in [3.05, 3.63) is 497 Å². The molecule has 0 spiro atoms. The largest absolute Gasteiger partial charge is 0.481 e. The van der Waals surface area contributed by atoms with Gasteiger partial charge in [-0.3, -0.25) is 9.59 Å². The van der Waals surface area contributed by atoms with Gasteiger partial charge in [0.05, 0.1) is 28.4 Å². The maximum Gasteiger partial charge on any atom is 0.300 e. The molecule has 13 heteroatoms. The second-order valence-corrected chi connectivity index (χ2v) is 36.6. The summed E-state index contributed by atoms with van der Waals surface area (Å²) in [5, 5.41) is 35.8. The van der Waals surface area contributed by atoms with Crippen molar-refractivity contribution in [3.8, 4) is 0 Å². The number of halogens is 1. The molecule has 0 aromatic heterocycles. The van der Waals surface area contributed by atoms with Gasteiger partial charge >= 0.3 is 0 Å². The Hall–Kier alpha value is -16.1. The van der Waals surface area contributed by atoms with E-state index in [-0.39, 0.29) is 20.4 Å². The Labute approximate surface area is 849 Å². The van der Waals surface area contributed by atoms with Crippen LogP contribution in [0.5, 0.6) is 0 Å². The van der Waals surface area contributed by atoms with E-state index >= 15 is 0 Å². The van der Waals surface area contributed by atoms with Crippen molar-refractivity contribution in [2.75, 3.05) is 35.1 Å². The fourth-order valence-corrected chi connectivity index (χ4v) is 18.7. The van der Waals surface area contributed by atoms with Crippen LogP contribution in [0.15, 0.2) is 441 Å². The average molecular weight is 2000 g/mol. The summed E-state index contributed by atoms with van der Waals surface area (Å²) in [6, 6.07) is 159. The van der Waals surface area contributed by atoms with Gasteiger partial charge in [-0.2, -0.15) is 0 Å². The van der Waals surface area contributed by atoms with E-state index in [1.54, 1.807) is 0 Å². The molecule has 0 aliphatic carbocycles. The Morgan fingerprint density at radius 1 is 0.184 bits per heavy atom. The first-order valence-corrected chi connectivity index (χ1v) is 48.0. The number of carboxylic acid groups (broad SMARTS) is 2. The molecule has 700 valence electrons. The Morgan fingerprint density at radius 3 is 0.418 bits per heavy atom. The predicted octanol–water partition coefficient (Wildman–Crippen LogP) is 36.8. The van der Waals surface area contributed by atoms with Gasteiger partial charge in [0.1, 0.15) is 0 Å². The van der Waals surface area contributed by atoms with Crippen molar-refractivity contribution in [1.29, 1.82) is 0 Å². The number of nitrogens with zero attached hydrogens (tertiary/aromatic N) is 5. The zero-order chi connectivity index (χ0) is 97.6. The molecule has 0 heterocycles. The second-order valence-electron chi connectivity index (χ2n) is 35.8. The third-order valence-electron chi connectivity index (χ3n) is 25.0. The zero-order valence-electron chi connectivity index (χ0n) is 81.2. The van der Waals surface area contributed by atoms with Crippen LogP contribution in [0.4, 0.5) is 108 Å². The molecule has 0 saturated carbocycles. The fraction of sp³-hybridized carbons (Fsp3) is 0.0938. The van der Waals surface area contributed by atoms with Crippen LogP contribution in [0.1, 0.15) is 69.5 Å². The van der Waals surface area contributed by atoms with E-state index in [9.17, 15) is 0 Å². The van der Waals surface area contributed by atoms with Crippen LogP contribution in [-0.4, -0.2) is 22.2 Å². The molecule has 0 aliphatic rings. The molecule has 0 radical (unpaired) electrons. The van der Waals surface area contributed by atoms with Crippen LogP contribution in [-0.2, 0) is 30.0 Å². The minimum atomic E-state index is -0.833. The van der Waals surface area contributed by atoms with Gasteiger partial charge in [0.25, 0.3) is 11.9 Å². The number of benzene rings is 21. The summed E-state index contributed by atoms with van der Waals surface area (Å²) in [5.41, 5.74) is 33.5. The molecule has 0 unspecified atom stereocenters. The maximum absolute atomic E-state index is 9.00. The standard InChI is InChI=1S/C76H62N4.C28H22BrN.C20H20N2.2C2H4O2.Pd/c1-51-23-35-57(36-24-51)77(58-37-25-52(2)26-38-58)73-65-15-7-11-19-69(65)75(70-20-12-8-16-66(70)73)79(61-43-31-55(5)32-44-61)63-47-49-64(50-48-63)80(62-45-33-56(6)34-46-62)76-71-21-13-9-17-67(71)74(68-18-10-14-22-72(68)76)78(59-39-27-53(3)28-40-59)60-41-29-54(4)30-42-60;1-19-11-15-21(16-12-19)30(22-17-13-20(2)14-18-22)28-25-9-5-3-7-23(25)27(29)24-8-4-6-10-26(24)28;1-15-3-7-17(8-4-15)21-19-11-13-20(14-12-19)22-18-9-5-16(2)6-10-18;2*1-2(3)4;/h7-50H,1-6H3;3-18H,1-2H3;3-14,21-22H,1-2H3;2*1H3,(H,3,4);. The Kier molecular flexibility index (Phi) is 30.9. The van der Waals surface area contributed by atoms with Gasteiger partial charge in [0.2, 0.25) is 0 Å². The molecule has 4 N–H and O–H groups in total. The Bertz CT molecular complexity index is 7270. The van der Waals surface area contributed by atoms with Crippen molar-refractivity contribution in [1.82, 2.24) is 0 Å². The normalized spacial score (nSPS) is 10.8. The first-order valence-electron chi connectivity index (χ1n) is 47.2. The van der Waals surface area contributed by atoms with E-state index < -0.39 is 11.9 Å². The Balaban J connectivity index is 0.000000189. The number of hydrogen-bond acceptors (Lipinski definition) is 9. The molecule has 0 atom stereocenters. The maximum atomic E-state index is 9.00. The van der Waals surface area contributed by atoms with E-state index in [0.717, 1.165) is 164 Å². The third-order valence-corrected chi connectivity index (χ3v) is 25.8. The minimum absolute atomic E-state index is 0. The van der Waals surface area contributed by atoms with Gasteiger partial charge < -0.3 is 45.3 Å². The van der Waals surface area contributed by atoms with Gasteiger partial charge in [-0.1, -0.05) is 323 Å². The number of aryl methyl sites for hydroxylation is 10. The second kappa shape index (κ2) is 44.6. The molecular weight excluding hydrogens is 1890 g/mol.